The summed E-state index contributed by atoms with van der Waals surface area (Å²) in [5, 5.41) is 6.28. The van der Waals surface area contributed by atoms with Gasteiger partial charge in [0.25, 0.3) is 5.91 Å². The lowest BCUT2D eigenvalue weighted by Gasteiger charge is -2.40. The molecule has 1 fully saturated rings. The Morgan fingerprint density at radius 2 is 2.06 bits per heavy atom. The normalized spacial score (nSPS) is 16.7. The molecule has 2 aromatic heterocycles. The molecule has 1 atom stereocenters. The Hall–Kier alpha value is -2.93. The summed E-state index contributed by atoms with van der Waals surface area (Å²) in [6.45, 7) is 5.79. The van der Waals surface area contributed by atoms with Crippen LogP contribution in [0.4, 0.5) is 0 Å². The number of hydrogen-bond donors (Lipinski definition) is 0. The van der Waals surface area contributed by atoms with Crippen molar-refractivity contribution in [3.05, 3.63) is 64.8 Å². The van der Waals surface area contributed by atoms with Crippen LogP contribution < -0.4 is 0 Å². The van der Waals surface area contributed by atoms with Crippen molar-refractivity contribution in [1.29, 1.82) is 0 Å². The van der Waals surface area contributed by atoms with Crippen molar-refractivity contribution in [2.45, 2.75) is 32.7 Å². The minimum atomic E-state index is -0.508. The van der Waals surface area contributed by atoms with Gasteiger partial charge in [-0.1, -0.05) is 37.3 Å². The molecule has 6 nitrogen and oxygen atoms in total. The van der Waals surface area contributed by atoms with E-state index in [1.165, 1.54) is 4.88 Å². The lowest BCUT2D eigenvalue weighted by Crippen LogP contribution is -2.59. The maximum absolute atomic E-state index is 13.4. The van der Waals surface area contributed by atoms with E-state index in [1.807, 2.05) is 37.1 Å². The number of aryl methyl sites for hydroxylation is 1. The Kier molecular flexibility index (Phi) is 6.23. The number of thiophene rings is 1. The maximum Gasteiger partial charge on any atom is 0.258 e. The number of amides is 2. The van der Waals surface area contributed by atoms with Crippen molar-refractivity contribution in [3.8, 4) is 10.4 Å². The Morgan fingerprint density at radius 1 is 1.23 bits per heavy atom. The molecule has 0 spiro atoms. The molecule has 0 radical (unpaired) electrons. The van der Waals surface area contributed by atoms with Crippen molar-refractivity contribution in [2.24, 2.45) is 7.05 Å². The molecule has 0 N–H and O–H groups in total. The highest BCUT2D eigenvalue weighted by atomic mass is 32.1. The van der Waals surface area contributed by atoms with Crippen molar-refractivity contribution in [2.75, 3.05) is 19.6 Å². The Balaban J connectivity index is 1.64. The quantitative estimate of drug-likeness (QED) is 0.591. The predicted octanol–water partition coefficient (Wildman–Crippen LogP) is 3.76. The zero-order valence-electron chi connectivity index (χ0n) is 18.2. The number of piperazine rings is 1. The molecule has 162 valence electrons. The molecule has 0 saturated carbocycles. The van der Waals surface area contributed by atoms with Crippen LogP contribution in [0.3, 0.4) is 0 Å². The molecule has 1 aliphatic rings. The van der Waals surface area contributed by atoms with Gasteiger partial charge in [0.1, 0.15) is 6.04 Å². The van der Waals surface area contributed by atoms with Crippen molar-refractivity contribution < 1.29 is 9.59 Å². The SMILES string of the molecule is CCCN1CCN(C(=O)c2cnn(C)c2C)C(Cc2cccc(-c3cccs3)c2)C1=O. The molecular formula is C24H28N4O2S. The summed E-state index contributed by atoms with van der Waals surface area (Å²) in [6.07, 6.45) is 3.01. The molecule has 31 heavy (non-hydrogen) atoms. The third-order valence-electron chi connectivity index (χ3n) is 5.97. The first-order chi connectivity index (χ1) is 15.0. The molecule has 3 heterocycles. The lowest BCUT2D eigenvalue weighted by molar-refractivity contribution is -0.140. The van der Waals surface area contributed by atoms with Crippen LogP contribution in [-0.4, -0.2) is 57.1 Å². The Labute approximate surface area is 187 Å². The highest BCUT2D eigenvalue weighted by Gasteiger charge is 2.38. The van der Waals surface area contributed by atoms with Gasteiger partial charge in [-0.2, -0.15) is 5.10 Å². The van der Waals surface area contributed by atoms with Gasteiger partial charge in [-0.05, 0) is 35.9 Å². The summed E-state index contributed by atoms with van der Waals surface area (Å²) < 4.78 is 1.70. The molecule has 0 bridgehead atoms. The zero-order valence-corrected chi connectivity index (χ0v) is 19.1. The van der Waals surface area contributed by atoms with E-state index in [2.05, 4.69) is 35.6 Å². The van der Waals surface area contributed by atoms with E-state index < -0.39 is 6.04 Å². The van der Waals surface area contributed by atoms with Gasteiger partial charge in [-0.25, -0.2) is 0 Å². The summed E-state index contributed by atoms with van der Waals surface area (Å²) in [7, 11) is 1.82. The molecule has 4 rings (SSSR count). The van der Waals surface area contributed by atoms with Gasteiger partial charge >= 0.3 is 0 Å². The van der Waals surface area contributed by atoms with Gasteiger partial charge in [0.15, 0.2) is 0 Å². The van der Waals surface area contributed by atoms with Crippen LogP contribution in [0, 0.1) is 6.92 Å². The van der Waals surface area contributed by atoms with E-state index in [1.54, 1.807) is 27.1 Å². The van der Waals surface area contributed by atoms with Crippen LogP contribution >= 0.6 is 11.3 Å². The van der Waals surface area contributed by atoms with Gasteiger partial charge in [0.05, 0.1) is 11.8 Å². The monoisotopic (exact) mass is 436 g/mol. The number of carbonyl (C=O) groups is 2. The second-order valence-corrected chi connectivity index (χ2v) is 8.94. The minimum absolute atomic E-state index is 0.0320. The summed E-state index contributed by atoms with van der Waals surface area (Å²) in [6, 6.07) is 11.9. The van der Waals surface area contributed by atoms with Crippen LogP contribution in [0.5, 0.6) is 0 Å². The molecular weight excluding hydrogens is 408 g/mol. The zero-order chi connectivity index (χ0) is 22.0. The summed E-state index contributed by atoms with van der Waals surface area (Å²) in [4.78, 5) is 31.6. The van der Waals surface area contributed by atoms with Crippen LogP contribution in [0.2, 0.25) is 0 Å². The first-order valence-electron chi connectivity index (χ1n) is 10.7. The lowest BCUT2D eigenvalue weighted by atomic mass is 9.98. The molecule has 3 aromatic rings. The average Bonchev–Trinajstić information content (AvgIpc) is 3.42. The fourth-order valence-electron chi connectivity index (χ4n) is 4.15. The molecule has 2 amide bonds. The third kappa shape index (κ3) is 4.28. The number of rotatable bonds is 6. The second-order valence-electron chi connectivity index (χ2n) is 7.99. The topological polar surface area (TPSA) is 58.4 Å². The smallest absolute Gasteiger partial charge is 0.258 e. The first kappa shape index (κ1) is 21.3. The van der Waals surface area contributed by atoms with Crippen LogP contribution in [-0.2, 0) is 18.3 Å². The second kappa shape index (κ2) is 9.06. The maximum atomic E-state index is 13.4. The molecule has 1 aromatic carbocycles. The van der Waals surface area contributed by atoms with Crippen molar-refractivity contribution >= 4 is 23.2 Å². The van der Waals surface area contributed by atoms with Crippen LogP contribution in [0.15, 0.2) is 48.0 Å². The van der Waals surface area contributed by atoms with E-state index >= 15 is 0 Å². The summed E-state index contributed by atoms with van der Waals surface area (Å²) in [5.41, 5.74) is 3.58. The molecule has 1 aliphatic heterocycles. The fraction of sp³-hybridized carbons (Fsp3) is 0.375. The Morgan fingerprint density at radius 3 is 2.74 bits per heavy atom. The predicted molar refractivity (Wildman–Crippen MR) is 123 cm³/mol. The van der Waals surface area contributed by atoms with Crippen molar-refractivity contribution in [1.82, 2.24) is 19.6 Å². The Bertz CT molecular complexity index is 1070. The molecule has 7 heteroatoms. The van der Waals surface area contributed by atoms with Gasteiger partial charge in [0, 0.05) is 43.7 Å². The van der Waals surface area contributed by atoms with Crippen molar-refractivity contribution in [3.63, 3.8) is 0 Å². The third-order valence-corrected chi connectivity index (χ3v) is 6.88. The van der Waals surface area contributed by atoms with Gasteiger partial charge in [-0.15, -0.1) is 11.3 Å². The minimum Gasteiger partial charge on any atom is -0.339 e. The highest BCUT2D eigenvalue weighted by molar-refractivity contribution is 7.13. The van der Waals surface area contributed by atoms with E-state index in [4.69, 9.17) is 0 Å². The number of aromatic nitrogens is 2. The van der Waals surface area contributed by atoms with Gasteiger partial charge in [0.2, 0.25) is 5.91 Å². The van der Waals surface area contributed by atoms with E-state index in [9.17, 15) is 9.59 Å². The van der Waals surface area contributed by atoms with Gasteiger partial charge < -0.3 is 9.80 Å². The molecule has 0 aliphatic carbocycles. The number of nitrogens with zero attached hydrogens (tertiary/aromatic N) is 4. The van der Waals surface area contributed by atoms with E-state index in [0.717, 1.165) is 29.8 Å². The largest absolute Gasteiger partial charge is 0.339 e. The molecule has 1 unspecified atom stereocenters. The highest BCUT2D eigenvalue weighted by Crippen LogP contribution is 2.27. The van der Waals surface area contributed by atoms with E-state index in [0.29, 0.717) is 25.1 Å². The fourth-order valence-corrected chi connectivity index (χ4v) is 4.88. The summed E-state index contributed by atoms with van der Waals surface area (Å²) in [5.74, 6) is -0.0842. The number of benzene rings is 1. The first-order valence-corrected chi connectivity index (χ1v) is 11.6. The molecule has 1 saturated heterocycles. The van der Waals surface area contributed by atoms with Crippen LogP contribution in [0.25, 0.3) is 10.4 Å². The number of hydrogen-bond acceptors (Lipinski definition) is 4. The average molecular weight is 437 g/mol. The number of carbonyl (C=O) groups excluding carboxylic acids is 2. The van der Waals surface area contributed by atoms with E-state index in [-0.39, 0.29) is 11.8 Å². The van der Waals surface area contributed by atoms with Crippen LogP contribution in [0.1, 0.15) is 35.0 Å². The summed E-state index contributed by atoms with van der Waals surface area (Å²) >= 11 is 1.70. The standard InChI is InChI=1S/C24H28N4O2S/c1-4-10-27-11-12-28(23(29)20-16-25-26(3)17(20)2)21(24(27)30)15-18-7-5-8-19(14-18)22-9-6-13-31-22/h5-9,13-14,16,21H,4,10-12,15H2,1-3H3. The van der Waals surface area contributed by atoms with Gasteiger partial charge in [-0.3, -0.25) is 14.3 Å².